The molecule has 8 aromatic rings. The lowest BCUT2D eigenvalue weighted by molar-refractivity contribution is 1.63. The molecule has 0 saturated heterocycles. The van der Waals surface area contributed by atoms with Crippen LogP contribution in [0.2, 0.25) is 5.02 Å². The minimum atomic E-state index is 0.729. The van der Waals surface area contributed by atoms with E-state index in [2.05, 4.69) is 158 Å². The maximum Gasteiger partial charge on any atom is 0.0412 e. The van der Waals surface area contributed by atoms with E-state index in [0.717, 1.165) is 10.6 Å². The molecule has 0 spiro atoms. The van der Waals surface area contributed by atoms with E-state index in [0.29, 0.717) is 0 Å². The van der Waals surface area contributed by atoms with Gasteiger partial charge in [-0.3, -0.25) is 0 Å². The summed E-state index contributed by atoms with van der Waals surface area (Å²) in [6, 6.07) is 58.6. The highest BCUT2D eigenvalue weighted by Gasteiger charge is 2.25. The third-order valence-corrected chi connectivity index (χ3v) is 8.72. The van der Waals surface area contributed by atoms with Gasteiger partial charge in [-0.2, -0.15) is 0 Å². The molecule has 0 saturated carbocycles. The van der Waals surface area contributed by atoms with Crippen LogP contribution in [0.1, 0.15) is 0 Å². The van der Waals surface area contributed by atoms with Crippen LogP contribution in [-0.2, 0) is 0 Å². The van der Waals surface area contributed by atoms with Crippen molar-refractivity contribution < 1.29 is 0 Å². The average molecular weight is 567 g/mol. The third-order valence-electron chi connectivity index (χ3n) is 8.48. The fraction of sp³-hybridized carbons (Fsp3) is 0. The Balaban J connectivity index is 1.77. The summed E-state index contributed by atoms with van der Waals surface area (Å²) in [5, 5.41) is 8.13. The van der Waals surface area contributed by atoms with Crippen molar-refractivity contribution in [3.8, 4) is 44.5 Å². The van der Waals surface area contributed by atoms with Crippen molar-refractivity contribution >= 4 is 43.9 Å². The quantitative estimate of drug-likeness (QED) is 0.186. The van der Waals surface area contributed by atoms with Crippen molar-refractivity contribution in [1.82, 2.24) is 0 Å². The summed E-state index contributed by atoms with van der Waals surface area (Å²) in [7, 11) is 0. The summed E-state index contributed by atoms with van der Waals surface area (Å²) >= 11 is 6.70. The van der Waals surface area contributed by atoms with Gasteiger partial charge in [0.25, 0.3) is 0 Å². The average Bonchev–Trinajstić information content (AvgIpc) is 3.07. The van der Waals surface area contributed by atoms with Crippen LogP contribution in [0.5, 0.6) is 0 Å². The van der Waals surface area contributed by atoms with Crippen LogP contribution in [-0.4, -0.2) is 0 Å². The Hall–Kier alpha value is -5.17. The molecule has 0 fully saturated rings. The van der Waals surface area contributed by atoms with Gasteiger partial charge in [0, 0.05) is 5.02 Å². The Bertz CT molecular complexity index is 2220. The minimum absolute atomic E-state index is 0.729. The van der Waals surface area contributed by atoms with Gasteiger partial charge >= 0.3 is 0 Å². The van der Waals surface area contributed by atoms with Gasteiger partial charge in [0.15, 0.2) is 0 Å². The molecule has 8 rings (SSSR count). The molecule has 0 amide bonds. The molecule has 8 aromatic carbocycles. The summed E-state index contributed by atoms with van der Waals surface area (Å²) in [5.41, 5.74) is 9.65. The van der Waals surface area contributed by atoms with Crippen LogP contribution in [0, 0.1) is 0 Å². The van der Waals surface area contributed by atoms with E-state index in [9.17, 15) is 0 Å². The van der Waals surface area contributed by atoms with Crippen LogP contribution < -0.4 is 0 Å². The first-order valence-corrected chi connectivity index (χ1v) is 15.0. The zero-order chi connectivity index (χ0) is 28.8. The Labute approximate surface area is 256 Å². The van der Waals surface area contributed by atoms with E-state index in [1.807, 2.05) is 6.07 Å². The number of benzene rings is 8. The molecular formula is C42H27Cl. The molecule has 43 heavy (non-hydrogen) atoms. The van der Waals surface area contributed by atoms with Crippen molar-refractivity contribution in [2.45, 2.75) is 0 Å². The summed E-state index contributed by atoms with van der Waals surface area (Å²) in [5.74, 6) is 0. The van der Waals surface area contributed by atoms with E-state index in [1.165, 1.54) is 71.3 Å². The second-order valence-corrected chi connectivity index (χ2v) is 11.4. The number of rotatable bonds is 4. The Morgan fingerprint density at radius 3 is 0.930 bits per heavy atom. The van der Waals surface area contributed by atoms with Gasteiger partial charge in [-0.1, -0.05) is 163 Å². The highest BCUT2D eigenvalue weighted by molar-refractivity contribution is 6.34. The summed E-state index contributed by atoms with van der Waals surface area (Å²) in [4.78, 5) is 0. The predicted octanol–water partition coefficient (Wildman–Crippen LogP) is 12.5. The van der Waals surface area contributed by atoms with Crippen molar-refractivity contribution in [2.24, 2.45) is 0 Å². The first-order valence-electron chi connectivity index (χ1n) is 14.6. The normalized spacial score (nSPS) is 11.4. The van der Waals surface area contributed by atoms with Gasteiger partial charge in [0.05, 0.1) is 0 Å². The van der Waals surface area contributed by atoms with Crippen LogP contribution >= 0.6 is 11.6 Å². The fourth-order valence-electron chi connectivity index (χ4n) is 6.78. The van der Waals surface area contributed by atoms with Crippen molar-refractivity contribution in [3.63, 3.8) is 0 Å². The van der Waals surface area contributed by atoms with Crippen molar-refractivity contribution in [3.05, 3.63) is 169 Å². The molecule has 0 aliphatic carbocycles. The highest BCUT2D eigenvalue weighted by atomic mass is 35.5. The largest absolute Gasteiger partial charge is 0.0843 e. The second-order valence-electron chi connectivity index (χ2n) is 10.9. The van der Waals surface area contributed by atoms with Crippen molar-refractivity contribution in [1.29, 1.82) is 0 Å². The molecule has 202 valence electrons. The summed E-state index contributed by atoms with van der Waals surface area (Å²) in [6.07, 6.45) is 0. The van der Waals surface area contributed by atoms with Gasteiger partial charge in [-0.25, -0.2) is 0 Å². The number of halogens is 1. The first-order chi connectivity index (χ1) is 21.3. The molecule has 0 N–H and O–H groups in total. The number of hydrogen-bond acceptors (Lipinski definition) is 0. The molecule has 0 aliphatic rings. The lowest BCUT2D eigenvalue weighted by atomic mass is 9.77. The smallest absolute Gasteiger partial charge is 0.0412 e. The third kappa shape index (κ3) is 4.23. The molecule has 0 bridgehead atoms. The molecule has 0 aliphatic heterocycles. The van der Waals surface area contributed by atoms with Gasteiger partial charge in [0.2, 0.25) is 0 Å². The zero-order valence-electron chi connectivity index (χ0n) is 23.5. The highest BCUT2D eigenvalue weighted by Crippen LogP contribution is 2.53. The Morgan fingerprint density at radius 2 is 0.581 bits per heavy atom. The standard InChI is InChI=1S/C42H27Cl/c43-32-22-14-21-31(27-32)40-36-26-13-12-25-35(36)38(29-17-6-2-7-18-29)41-37(28-15-4-1-5-16-28)33-23-10-11-24-34(33)39(42(40)41)30-19-8-3-9-20-30/h1-27H. The van der Waals surface area contributed by atoms with Gasteiger partial charge in [-0.15, -0.1) is 0 Å². The first kappa shape index (κ1) is 25.5. The molecule has 0 nitrogen and oxygen atoms in total. The SMILES string of the molecule is Clc1cccc(-c2c3ccccc3c(-c3ccccc3)c3c(-c4ccccc4)c4ccccc4c(-c4ccccc4)c23)c1. The van der Waals surface area contributed by atoms with Crippen LogP contribution in [0.3, 0.4) is 0 Å². The molecule has 0 radical (unpaired) electrons. The van der Waals surface area contributed by atoms with E-state index in [1.54, 1.807) is 0 Å². The van der Waals surface area contributed by atoms with E-state index >= 15 is 0 Å². The monoisotopic (exact) mass is 566 g/mol. The van der Waals surface area contributed by atoms with Crippen LogP contribution in [0.4, 0.5) is 0 Å². The maximum absolute atomic E-state index is 6.70. The van der Waals surface area contributed by atoms with Crippen LogP contribution in [0.15, 0.2) is 164 Å². The molecular weight excluding hydrogens is 540 g/mol. The Kier molecular flexibility index (Phi) is 6.29. The summed E-state index contributed by atoms with van der Waals surface area (Å²) < 4.78 is 0. The molecule has 0 heterocycles. The fourth-order valence-corrected chi connectivity index (χ4v) is 6.98. The van der Waals surface area contributed by atoms with Crippen LogP contribution in [0.25, 0.3) is 76.8 Å². The summed E-state index contributed by atoms with van der Waals surface area (Å²) in [6.45, 7) is 0. The van der Waals surface area contributed by atoms with Crippen molar-refractivity contribution in [2.75, 3.05) is 0 Å². The van der Waals surface area contributed by atoms with E-state index in [4.69, 9.17) is 11.6 Å². The lowest BCUT2D eigenvalue weighted by Crippen LogP contribution is -1.97. The molecule has 0 atom stereocenters. The zero-order valence-corrected chi connectivity index (χ0v) is 24.2. The van der Waals surface area contributed by atoms with Gasteiger partial charge < -0.3 is 0 Å². The predicted molar refractivity (Wildman–Crippen MR) is 186 cm³/mol. The Morgan fingerprint density at radius 1 is 0.279 bits per heavy atom. The van der Waals surface area contributed by atoms with Gasteiger partial charge in [0.1, 0.15) is 0 Å². The lowest BCUT2D eigenvalue weighted by Gasteiger charge is -2.25. The topological polar surface area (TPSA) is 0 Å². The minimum Gasteiger partial charge on any atom is -0.0843 e. The molecule has 0 aromatic heterocycles. The van der Waals surface area contributed by atoms with E-state index in [-0.39, 0.29) is 0 Å². The van der Waals surface area contributed by atoms with E-state index < -0.39 is 0 Å². The number of fused-ring (bicyclic) bond motifs is 3. The molecule has 1 heteroatoms. The number of hydrogen-bond donors (Lipinski definition) is 0. The maximum atomic E-state index is 6.70. The van der Waals surface area contributed by atoms with Gasteiger partial charge in [-0.05, 0) is 89.0 Å². The second kappa shape index (κ2) is 10.6. The molecule has 0 unspecified atom stereocenters.